The van der Waals surface area contributed by atoms with Gasteiger partial charge in [0.25, 0.3) is 0 Å². The lowest BCUT2D eigenvalue weighted by atomic mass is 9.94. The minimum atomic E-state index is -0.738. The number of alkyl carbamates (subject to hydrolysis) is 1. The Bertz CT molecular complexity index is 1120. The van der Waals surface area contributed by atoms with E-state index in [0.717, 1.165) is 19.3 Å². The lowest BCUT2D eigenvalue weighted by molar-refractivity contribution is -0.142. The Morgan fingerprint density at radius 1 is 0.943 bits per heavy atom. The molecule has 182 valence electrons. The zero-order valence-electron chi connectivity index (χ0n) is 19.6. The first-order valence-electron chi connectivity index (χ1n) is 12.6. The van der Waals surface area contributed by atoms with Gasteiger partial charge in [-0.05, 0) is 52.8 Å². The molecule has 35 heavy (non-hydrogen) atoms. The fourth-order valence-corrected chi connectivity index (χ4v) is 6.78. The number of hydrogen-bond donors (Lipinski definition) is 2. The molecule has 2 aromatic carbocycles. The van der Waals surface area contributed by atoms with Crippen LogP contribution in [0.25, 0.3) is 11.1 Å². The zero-order chi connectivity index (χ0) is 24.1. The number of fused-ring (bicyclic) bond motifs is 4. The summed E-state index contributed by atoms with van der Waals surface area (Å²) < 4.78 is 5.65. The Morgan fingerprint density at radius 3 is 2.20 bits per heavy atom. The van der Waals surface area contributed by atoms with Gasteiger partial charge in [-0.1, -0.05) is 55.0 Å². The molecule has 6 rings (SSSR count). The van der Waals surface area contributed by atoms with Gasteiger partial charge in [0, 0.05) is 31.5 Å². The summed E-state index contributed by atoms with van der Waals surface area (Å²) in [5, 5.41) is 12.1. The lowest BCUT2D eigenvalue weighted by Gasteiger charge is -2.26. The van der Waals surface area contributed by atoms with Gasteiger partial charge in [-0.3, -0.25) is 9.59 Å². The molecule has 2 amide bonds. The number of nitrogens with zero attached hydrogens (tertiary/aromatic N) is 1. The standard InChI is InChI=1S/C28H30N2O5/c31-26(30-13-22-23(14-30)25(22)27(32)33)17-11-5-6-16(17)12-29-28(34)35-15-24-20-9-3-1-7-18(20)19-8-2-4-10-21(19)24/h1-4,7-10,16-17,22-25H,5-6,11-15H2,(H,29,34)(H,32,33)/t16-,17-,22-,23+,25?/m1/s1. The van der Waals surface area contributed by atoms with Crippen molar-refractivity contribution in [1.82, 2.24) is 10.2 Å². The molecule has 3 aliphatic carbocycles. The van der Waals surface area contributed by atoms with Gasteiger partial charge in [-0.15, -0.1) is 0 Å². The second-order valence-electron chi connectivity index (χ2n) is 10.4. The second-order valence-corrected chi connectivity index (χ2v) is 10.4. The van der Waals surface area contributed by atoms with E-state index in [1.165, 1.54) is 22.3 Å². The minimum Gasteiger partial charge on any atom is -0.481 e. The monoisotopic (exact) mass is 474 g/mol. The van der Waals surface area contributed by atoms with Crippen molar-refractivity contribution in [1.29, 1.82) is 0 Å². The number of amides is 2. The average Bonchev–Trinajstić information content (AvgIpc) is 3.22. The molecule has 1 heterocycles. The highest BCUT2D eigenvalue weighted by Gasteiger charge is 2.61. The highest BCUT2D eigenvalue weighted by atomic mass is 16.5. The van der Waals surface area contributed by atoms with Crippen LogP contribution in [0.1, 0.15) is 36.3 Å². The summed E-state index contributed by atoms with van der Waals surface area (Å²) in [6.07, 6.45) is 2.24. The van der Waals surface area contributed by atoms with Gasteiger partial charge < -0.3 is 20.1 Å². The van der Waals surface area contributed by atoms with E-state index in [1.54, 1.807) is 0 Å². The average molecular weight is 475 g/mol. The van der Waals surface area contributed by atoms with E-state index in [4.69, 9.17) is 4.74 Å². The molecule has 1 unspecified atom stereocenters. The van der Waals surface area contributed by atoms with Crippen LogP contribution in [0.4, 0.5) is 4.79 Å². The van der Waals surface area contributed by atoms with Crippen LogP contribution in [0.15, 0.2) is 48.5 Å². The number of piperidine rings is 1. The maximum absolute atomic E-state index is 13.1. The molecule has 3 fully saturated rings. The third kappa shape index (κ3) is 3.87. The number of ether oxygens (including phenoxy) is 1. The van der Waals surface area contributed by atoms with Crippen molar-refractivity contribution in [2.45, 2.75) is 25.2 Å². The molecule has 0 radical (unpaired) electrons. The largest absolute Gasteiger partial charge is 0.481 e. The van der Waals surface area contributed by atoms with Crippen molar-refractivity contribution in [3.63, 3.8) is 0 Å². The van der Waals surface area contributed by atoms with Gasteiger partial charge in [0.05, 0.1) is 5.92 Å². The number of rotatable bonds is 6. The normalized spacial score (nSPS) is 28.2. The maximum Gasteiger partial charge on any atom is 0.407 e. The summed E-state index contributed by atoms with van der Waals surface area (Å²) >= 11 is 0. The fraction of sp³-hybridized carbons (Fsp3) is 0.464. The van der Waals surface area contributed by atoms with Crippen molar-refractivity contribution in [3.05, 3.63) is 59.7 Å². The first kappa shape index (κ1) is 22.1. The predicted octanol–water partition coefficient (Wildman–Crippen LogP) is 3.73. The lowest BCUT2D eigenvalue weighted by Crippen LogP contribution is -2.41. The van der Waals surface area contributed by atoms with Gasteiger partial charge in [0.2, 0.25) is 5.91 Å². The molecule has 2 saturated carbocycles. The summed E-state index contributed by atoms with van der Waals surface area (Å²) in [7, 11) is 0. The molecule has 7 nitrogen and oxygen atoms in total. The van der Waals surface area contributed by atoms with Crippen molar-refractivity contribution < 1.29 is 24.2 Å². The molecule has 4 aliphatic rings. The van der Waals surface area contributed by atoms with E-state index in [1.807, 2.05) is 29.2 Å². The van der Waals surface area contributed by atoms with Crippen LogP contribution in [0, 0.1) is 29.6 Å². The maximum atomic E-state index is 13.1. The van der Waals surface area contributed by atoms with E-state index >= 15 is 0 Å². The van der Waals surface area contributed by atoms with Crippen LogP contribution in [-0.4, -0.2) is 54.2 Å². The van der Waals surface area contributed by atoms with E-state index in [-0.39, 0.29) is 48.0 Å². The van der Waals surface area contributed by atoms with Crippen LogP contribution in [0.5, 0.6) is 0 Å². The zero-order valence-corrected chi connectivity index (χ0v) is 19.6. The molecule has 5 atom stereocenters. The number of carboxylic acids is 1. The van der Waals surface area contributed by atoms with Gasteiger partial charge in [-0.2, -0.15) is 0 Å². The Labute approximate surface area is 204 Å². The topological polar surface area (TPSA) is 95.9 Å². The molecule has 0 aromatic heterocycles. The van der Waals surface area contributed by atoms with Crippen molar-refractivity contribution in [3.8, 4) is 11.1 Å². The van der Waals surface area contributed by atoms with Gasteiger partial charge in [-0.25, -0.2) is 4.79 Å². The summed E-state index contributed by atoms with van der Waals surface area (Å²) in [4.78, 5) is 38.8. The Hall–Kier alpha value is -3.35. The molecule has 1 saturated heterocycles. The van der Waals surface area contributed by atoms with Crippen molar-refractivity contribution in [2.24, 2.45) is 29.6 Å². The van der Waals surface area contributed by atoms with E-state index in [0.29, 0.717) is 19.6 Å². The quantitative estimate of drug-likeness (QED) is 0.665. The molecular formula is C28H30N2O5. The summed E-state index contributed by atoms with van der Waals surface area (Å²) in [5.74, 6) is -0.638. The number of carbonyl (C=O) groups excluding carboxylic acids is 2. The predicted molar refractivity (Wildman–Crippen MR) is 129 cm³/mol. The third-order valence-electron chi connectivity index (χ3n) is 8.62. The van der Waals surface area contributed by atoms with Crippen LogP contribution in [-0.2, 0) is 14.3 Å². The molecule has 2 aromatic rings. The van der Waals surface area contributed by atoms with Crippen molar-refractivity contribution in [2.75, 3.05) is 26.2 Å². The molecule has 0 spiro atoms. The number of hydrogen-bond acceptors (Lipinski definition) is 4. The third-order valence-corrected chi connectivity index (χ3v) is 8.62. The van der Waals surface area contributed by atoms with Crippen LogP contribution >= 0.6 is 0 Å². The van der Waals surface area contributed by atoms with Crippen LogP contribution in [0.3, 0.4) is 0 Å². The number of nitrogens with one attached hydrogen (secondary N) is 1. The number of carboxylic acid groups (broad SMARTS) is 1. The summed E-state index contributed by atoms with van der Waals surface area (Å²) in [5.41, 5.74) is 4.74. The van der Waals surface area contributed by atoms with E-state index < -0.39 is 12.1 Å². The second kappa shape index (κ2) is 8.70. The number of aliphatic carboxylic acids is 1. The Kier molecular flexibility index (Phi) is 5.50. The number of likely N-dealkylation sites (tertiary alicyclic amines) is 1. The Balaban J connectivity index is 1.02. The number of carbonyl (C=O) groups is 3. The number of benzene rings is 2. The first-order valence-corrected chi connectivity index (χ1v) is 12.6. The van der Waals surface area contributed by atoms with Gasteiger partial charge >= 0.3 is 12.1 Å². The van der Waals surface area contributed by atoms with E-state index in [9.17, 15) is 19.5 Å². The van der Waals surface area contributed by atoms with Gasteiger partial charge in [0.15, 0.2) is 0 Å². The molecule has 1 aliphatic heterocycles. The fourth-order valence-electron chi connectivity index (χ4n) is 6.78. The minimum absolute atomic E-state index is 0.0187. The van der Waals surface area contributed by atoms with Crippen LogP contribution in [0.2, 0.25) is 0 Å². The molecule has 0 bridgehead atoms. The SMILES string of the molecule is O=C(NC[C@H]1CCC[C@H]1C(=O)N1C[C@@H]2C(C(=O)O)[C@@H]2C1)OCC1c2ccccc2-c2ccccc21. The summed E-state index contributed by atoms with van der Waals surface area (Å²) in [6, 6.07) is 16.5. The highest BCUT2D eigenvalue weighted by Crippen LogP contribution is 2.52. The molecular weight excluding hydrogens is 444 g/mol. The molecule has 7 heteroatoms. The van der Waals surface area contributed by atoms with Crippen molar-refractivity contribution >= 4 is 18.0 Å². The highest BCUT2D eigenvalue weighted by molar-refractivity contribution is 5.82. The Morgan fingerprint density at radius 2 is 1.57 bits per heavy atom. The van der Waals surface area contributed by atoms with Crippen LogP contribution < -0.4 is 5.32 Å². The summed E-state index contributed by atoms with van der Waals surface area (Å²) in [6.45, 7) is 1.81. The van der Waals surface area contributed by atoms with E-state index in [2.05, 4.69) is 29.6 Å². The first-order chi connectivity index (χ1) is 17.0. The van der Waals surface area contributed by atoms with Gasteiger partial charge in [0.1, 0.15) is 6.61 Å². The smallest absolute Gasteiger partial charge is 0.407 e. The molecule has 2 N–H and O–H groups in total.